The van der Waals surface area contributed by atoms with Gasteiger partial charge in [0.05, 0.1) is 6.10 Å². The first-order chi connectivity index (χ1) is 14.2. The van der Waals surface area contributed by atoms with Gasteiger partial charge in [0.25, 0.3) is 5.75 Å². The third kappa shape index (κ3) is 6.51. The highest BCUT2D eigenvalue weighted by molar-refractivity contribution is 5.92. The summed E-state index contributed by atoms with van der Waals surface area (Å²) in [6.45, 7) is 11.4. The molecule has 0 spiro atoms. The normalized spacial score (nSPS) is 11.5. The second kappa shape index (κ2) is 10.7. The van der Waals surface area contributed by atoms with Gasteiger partial charge in [-0.15, -0.1) is 0 Å². The van der Waals surface area contributed by atoms with Gasteiger partial charge in [-0.3, -0.25) is 4.79 Å². The topological polar surface area (TPSA) is 75.0 Å². The molecule has 1 aromatic carbocycles. The van der Waals surface area contributed by atoms with Crippen LogP contribution in [-0.2, 0) is 4.79 Å². The molecule has 0 saturated heterocycles. The summed E-state index contributed by atoms with van der Waals surface area (Å²) < 4.78 is 22.3. The summed E-state index contributed by atoms with van der Waals surface area (Å²) >= 11 is 0. The van der Waals surface area contributed by atoms with Gasteiger partial charge in [-0.1, -0.05) is 23.3 Å². The number of esters is 1. The zero-order chi connectivity index (χ0) is 22.3. The van der Waals surface area contributed by atoms with Crippen LogP contribution in [0.15, 0.2) is 50.7 Å². The maximum Gasteiger partial charge on any atom is 0.383 e. The summed E-state index contributed by atoms with van der Waals surface area (Å²) in [4.78, 5) is 23.9. The van der Waals surface area contributed by atoms with E-state index in [-0.39, 0.29) is 17.6 Å². The molecule has 0 fully saturated rings. The molecule has 0 radical (unpaired) electrons. The van der Waals surface area contributed by atoms with E-state index in [4.69, 9.17) is 18.6 Å². The molecule has 0 unspecified atom stereocenters. The minimum Gasteiger partial charge on any atom is -0.489 e. The Balaban J connectivity index is 2.39. The second-order valence-electron chi connectivity index (χ2n) is 7.62. The summed E-state index contributed by atoms with van der Waals surface area (Å²) in [5.74, 6) is -0.281. The Morgan fingerprint density at radius 2 is 1.83 bits per heavy atom. The molecule has 30 heavy (non-hydrogen) atoms. The van der Waals surface area contributed by atoms with Crippen molar-refractivity contribution < 1.29 is 23.4 Å². The Hall–Kier alpha value is -3.02. The van der Waals surface area contributed by atoms with Crippen LogP contribution in [0.1, 0.15) is 54.4 Å². The lowest BCUT2D eigenvalue weighted by molar-refractivity contribution is -0.132. The Bertz CT molecular complexity index is 1010. The average molecular weight is 414 g/mol. The number of rotatable bonds is 9. The van der Waals surface area contributed by atoms with Crippen molar-refractivity contribution >= 4 is 16.9 Å². The highest BCUT2D eigenvalue weighted by atomic mass is 16.6. The summed E-state index contributed by atoms with van der Waals surface area (Å²) in [6, 6.07) is 5.14. The Kier molecular flexibility index (Phi) is 8.27. The molecule has 162 valence electrons. The predicted octanol–water partition coefficient (Wildman–Crippen LogP) is 5.58. The average Bonchev–Trinajstić information content (AvgIpc) is 2.63. The van der Waals surface area contributed by atoms with E-state index >= 15 is 0 Å². The molecule has 2 rings (SSSR count). The fourth-order valence-electron chi connectivity index (χ4n) is 2.84. The Labute approximate surface area is 177 Å². The van der Waals surface area contributed by atoms with E-state index in [1.165, 1.54) is 18.1 Å². The van der Waals surface area contributed by atoms with Gasteiger partial charge in [-0.2, -0.15) is 0 Å². The standard InChI is InChI=1S/C24H30O6/c1-15(2)9-7-10-17(5)13-14-27-19-11-8-12-20-21(19)22(28-16(3)4)23(24(26)30-20)29-18(6)25/h8-9,11-13,16H,7,10,14H2,1-6H3/b17-13+. The van der Waals surface area contributed by atoms with Crippen LogP contribution in [0.25, 0.3) is 11.0 Å². The van der Waals surface area contributed by atoms with Crippen LogP contribution in [0.5, 0.6) is 17.2 Å². The number of hydrogen-bond donors (Lipinski definition) is 0. The minimum atomic E-state index is -0.777. The molecule has 0 N–H and O–H groups in total. The SMILES string of the molecule is CC(=O)Oc1c(OC(C)C)c2c(OC/C=C(\C)CCC=C(C)C)cccc2oc1=O. The highest BCUT2D eigenvalue weighted by Gasteiger charge is 2.23. The van der Waals surface area contributed by atoms with Crippen molar-refractivity contribution in [1.29, 1.82) is 0 Å². The highest BCUT2D eigenvalue weighted by Crippen LogP contribution is 2.39. The van der Waals surface area contributed by atoms with E-state index < -0.39 is 11.6 Å². The number of carbonyl (C=O) groups is 1. The third-order valence-corrected chi connectivity index (χ3v) is 4.17. The lowest BCUT2D eigenvalue weighted by Crippen LogP contribution is -2.16. The maximum absolute atomic E-state index is 12.4. The van der Waals surface area contributed by atoms with Crippen LogP contribution in [0.3, 0.4) is 0 Å². The van der Waals surface area contributed by atoms with Crippen LogP contribution in [0.4, 0.5) is 0 Å². The fourth-order valence-corrected chi connectivity index (χ4v) is 2.84. The zero-order valence-electron chi connectivity index (χ0n) is 18.5. The summed E-state index contributed by atoms with van der Waals surface area (Å²) in [7, 11) is 0. The largest absolute Gasteiger partial charge is 0.489 e. The quantitative estimate of drug-likeness (QED) is 0.303. The molecule has 1 heterocycles. The van der Waals surface area contributed by atoms with Crippen molar-refractivity contribution in [3.63, 3.8) is 0 Å². The molecule has 1 aromatic heterocycles. The number of benzene rings is 1. The summed E-state index contributed by atoms with van der Waals surface area (Å²) in [5.41, 5.74) is 2.05. The Morgan fingerprint density at radius 1 is 1.10 bits per heavy atom. The molecular weight excluding hydrogens is 384 g/mol. The van der Waals surface area contributed by atoms with Gasteiger partial charge in [-0.25, -0.2) is 4.79 Å². The molecule has 0 aliphatic carbocycles. The molecule has 0 aliphatic heterocycles. The molecule has 0 aliphatic rings. The number of allylic oxidation sites excluding steroid dienone is 3. The summed E-state index contributed by atoms with van der Waals surface area (Å²) in [5, 5.41) is 0.456. The van der Waals surface area contributed by atoms with Crippen molar-refractivity contribution in [2.75, 3.05) is 6.61 Å². The molecule has 6 heteroatoms. The molecule has 6 nitrogen and oxygen atoms in total. The molecule has 0 saturated carbocycles. The summed E-state index contributed by atoms with van der Waals surface area (Å²) in [6.07, 6.45) is 5.91. The van der Waals surface area contributed by atoms with E-state index in [0.29, 0.717) is 23.3 Å². The van der Waals surface area contributed by atoms with Crippen molar-refractivity contribution in [3.05, 3.63) is 51.9 Å². The molecule has 0 bridgehead atoms. The van der Waals surface area contributed by atoms with Gasteiger partial charge in [0.15, 0.2) is 5.75 Å². The lowest BCUT2D eigenvalue weighted by atomic mass is 10.1. The predicted molar refractivity (Wildman–Crippen MR) is 117 cm³/mol. The molecule has 2 aromatic rings. The van der Waals surface area contributed by atoms with E-state index in [9.17, 15) is 9.59 Å². The van der Waals surface area contributed by atoms with Gasteiger partial charge >= 0.3 is 11.6 Å². The van der Waals surface area contributed by atoms with Gasteiger partial charge in [-0.05, 0) is 65.7 Å². The molecule has 0 amide bonds. The number of carbonyl (C=O) groups excluding carboxylic acids is 1. The van der Waals surface area contributed by atoms with Gasteiger partial charge < -0.3 is 18.6 Å². The minimum absolute atomic E-state index is 0.145. The van der Waals surface area contributed by atoms with Crippen molar-refractivity contribution in [1.82, 2.24) is 0 Å². The number of fused-ring (bicyclic) bond motifs is 1. The van der Waals surface area contributed by atoms with E-state index in [1.54, 1.807) is 18.2 Å². The third-order valence-electron chi connectivity index (χ3n) is 4.17. The van der Waals surface area contributed by atoms with Crippen LogP contribution in [0.2, 0.25) is 0 Å². The monoisotopic (exact) mass is 414 g/mol. The van der Waals surface area contributed by atoms with E-state index in [1.807, 2.05) is 19.9 Å². The van der Waals surface area contributed by atoms with Crippen LogP contribution in [0, 0.1) is 0 Å². The van der Waals surface area contributed by atoms with Crippen molar-refractivity contribution in [2.24, 2.45) is 0 Å². The second-order valence-corrected chi connectivity index (χ2v) is 7.62. The molecular formula is C24H30O6. The van der Waals surface area contributed by atoms with E-state index in [0.717, 1.165) is 12.8 Å². The van der Waals surface area contributed by atoms with Crippen LogP contribution >= 0.6 is 0 Å². The van der Waals surface area contributed by atoms with Crippen molar-refractivity contribution in [3.8, 4) is 17.2 Å². The number of hydrogen-bond acceptors (Lipinski definition) is 6. The van der Waals surface area contributed by atoms with Crippen LogP contribution in [-0.4, -0.2) is 18.7 Å². The maximum atomic E-state index is 12.4. The smallest absolute Gasteiger partial charge is 0.383 e. The van der Waals surface area contributed by atoms with Gasteiger partial charge in [0, 0.05) is 6.92 Å². The van der Waals surface area contributed by atoms with Gasteiger partial charge in [0.1, 0.15) is 23.3 Å². The first-order valence-corrected chi connectivity index (χ1v) is 10.1. The van der Waals surface area contributed by atoms with E-state index in [2.05, 4.69) is 26.8 Å². The van der Waals surface area contributed by atoms with Crippen molar-refractivity contribution in [2.45, 2.75) is 60.5 Å². The fraction of sp³-hybridized carbons (Fsp3) is 0.417. The van der Waals surface area contributed by atoms with Crippen LogP contribution < -0.4 is 19.8 Å². The van der Waals surface area contributed by atoms with Gasteiger partial charge in [0.2, 0.25) is 0 Å². The molecule has 0 atom stereocenters. The zero-order valence-corrected chi connectivity index (χ0v) is 18.5. The number of ether oxygens (including phenoxy) is 3. The first kappa shape index (κ1) is 23.3. The Morgan fingerprint density at radius 3 is 2.47 bits per heavy atom. The first-order valence-electron chi connectivity index (χ1n) is 10.1. The lowest BCUT2D eigenvalue weighted by Gasteiger charge is -2.17.